The predicted octanol–water partition coefficient (Wildman–Crippen LogP) is -0.108. The summed E-state index contributed by atoms with van der Waals surface area (Å²) < 4.78 is 21.1. The third-order valence-corrected chi connectivity index (χ3v) is 2.29. The molecule has 6 heteroatoms. The molecule has 1 aromatic carbocycles. The van der Waals surface area contributed by atoms with Crippen LogP contribution in [0.15, 0.2) is 30.3 Å². The lowest BCUT2D eigenvalue weighted by Gasteiger charge is -2.06. The van der Waals surface area contributed by atoms with Crippen LogP contribution in [0, 0.1) is 0 Å². The summed E-state index contributed by atoms with van der Waals surface area (Å²) in [6.07, 6.45) is 0. The highest BCUT2D eigenvalue weighted by atomic mass is 32.2. The highest BCUT2D eigenvalue weighted by Gasteiger charge is 2.00. The Morgan fingerprint density at radius 1 is 1.21 bits per heavy atom. The number of hydrogen-bond acceptors (Lipinski definition) is 4. The highest BCUT2D eigenvalue weighted by Crippen LogP contribution is 2.01. The molecule has 0 saturated heterocycles. The molecule has 0 atom stereocenters. The van der Waals surface area contributed by atoms with Gasteiger partial charge in [-0.2, -0.15) is 0 Å². The molecule has 0 spiro atoms. The molecule has 0 aliphatic heterocycles. The molecule has 0 bridgehead atoms. The van der Waals surface area contributed by atoms with Gasteiger partial charge in [-0.05, 0) is 12.1 Å². The first-order chi connectivity index (χ1) is 6.58. The SMILES string of the molecule is NS(=O)(=O)CCNNc1ccccc1. The summed E-state index contributed by atoms with van der Waals surface area (Å²) in [5, 5.41) is 4.82. The molecule has 0 heterocycles. The molecular weight excluding hydrogens is 202 g/mol. The number of hydrogen-bond donors (Lipinski definition) is 3. The largest absolute Gasteiger partial charge is 0.321 e. The maximum Gasteiger partial charge on any atom is 0.210 e. The van der Waals surface area contributed by atoms with Gasteiger partial charge in [0.15, 0.2) is 0 Å². The number of hydrazine groups is 1. The van der Waals surface area contributed by atoms with Crippen LogP contribution in [0.4, 0.5) is 5.69 Å². The van der Waals surface area contributed by atoms with Crippen molar-refractivity contribution in [1.29, 1.82) is 0 Å². The molecule has 0 aliphatic carbocycles. The van der Waals surface area contributed by atoms with Crippen molar-refractivity contribution >= 4 is 15.7 Å². The predicted molar refractivity (Wildman–Crippen MR) is 56.0 cm³/mol. The number of nitrogens with one attached hydrogen (secondary N) is 2. The zero-order valence-corrected chi connectivity index (χ0v) is 8.42. The number of sulfonamides is 1. The van der Waals surface area contributed by atoms with Gasteiger partial charge in [-0.15, -0.1) is 0 Å². The summed E-state index contributed by atoms with van der Waals surface area (Å²) in [7, 11) is -3.38. The lowest BCUT2D eigenvalue weighted by Crippen LogP contribution is -2.30. The summed E-state index contributed by atoms with van der Waals surface area (Å²) in [5.41, 5.74) is 6.47. The van der Waals surface area contributed by atoms with Crippen molar-refractivity contribution in [2.24, 2.45) is 5.14 Å². The van der Waals surface area contributed by atoms with Gasteiger partial charge in [-0.3, -0.25) is 0 Å². The molecule has 1 rings (SSSR count). The maximum atomic E-state index is 10.6. The van der Waals surface area contributed by atoms with Crippen LogP contribution < -0.4 is 16.0 Å². The summed E-state index contributed by atoms with van der Waals surface area (Å²) in [6, 6.07) is 9.39. The minimum absolute atomic E-state index is 0.0904. The monoisotopic (exact) mass is 215 g/mol. The Hall–Kier alpha value is -1.11. The molecule has 0 amide bonds. The topological polar surface area (TPSA) is 84.2 Å². The second-order valence-corrected chi connectivity index (χ2v) is 4.52. The average molecular weight is 215 g/mol. The van der Waals surface area contributed by atoms with E-state index in [1.807, 2.05) is 30.3 Å². The van der Waals surface area contributed by atoms with E-state index in [1.165, 1.54) is 0 Å². The van der Waals surface area contributed by atoms with Crippen LogP contribution in [0.25, 0.3) is 0 Å². The van der Waals surface area contributed by atoms with Gasteiger partial charge in [-0.1, -0.05) is 18.2 Å². The Bertz CT molecular complexity index is 363. The second-order valence-electron chi connectivity index (χ2n) is 2.78. The molecule has 0 saturated carbocycles. The van der Waals surface area contributed by atoms with E-state index < -0.39 is 10.0 Å². The molecule has 0 unspecified atom stereocenters. The quantitative estimate of drug-likeness (QED) is 0.473. The Labute approximate surface area is 83.3 Å². The van der Waals surface area contributed by atoms with Gasteiger partial charge in [0.25, 0.3) is 0 Å². The molecule has 1 aromatic rings. The third-order valence-electron chi connectivity index (χ3n) is 1.52. The van der Waals surface area contributed by atoms with Gasteiger partial charge < -0.3 is 5.43 Å². The van der Waals surface area contributed by atoms with E-state index in [4.69, 9.17) is 5.14 Å². The molecule has 5 nitrogen and oxygen atoms in total. The molecule has 78 valence electrons. The van der Waals surface area contributed by atoms with Crippen LogP contribution in [0.5, 0.6) is 0 Å². The summed E-state index contributed by atoms with van der Waals surface area (Å²) in [4.78, 5) is 0. The van der Waals surface area contributed by atoms with Crippen molar-refractivity contribution < 1.29 is 8.42 Å². The number of benzene rings is 1. The molecule has 4 N–H and O–H groups in total. The van der Waals surface area contributed by atoms with Crippen LogP contribution in [0.2, 0.25) is 0 Å². The van der Waals surface area contributed by atoms with Crippen LogP contribution in [-0.2, 0) is 10.0 Å². The van der Waals surface area contributed by atoms with Crippen molar-refractivity contribution in [2.75, 3.05) is 17.7 Å². The van der Waals surface area contributed by atoms with E-state index in [2.05, 4.69) is 10.9 Å². The van der Waals surface area contributed by atoms with Crippen LogP contribution in [0.3, 0.4) is 0 Å². The van der Waals surface area contributed by atoms with Crippen molar-refractivity contribution in [2.45, 2.75) is 0 Å². The lowest BCUT2D eigenvalue weighted by molar-refractivity contribution is 0.595. The van der Waals surface area contributed by atoms with Crippen molar-refractivity contribution in [1.82, 2.24) is 5.43 Å². The normalized spacial score (nSPS) is 11.2. The minimum atomic E-state index is -3.38. The third kappa shape index (κ3) is 4.80. The first-order valence-corrected chi connectivity index (χ1v) is 5.84. The summed E-state index contributed by atoms with van der Waals surface area (Å²) in [6.45, 7) is 0.272. The summed E-state index contributed by atoms with van der Waals surface area (Å²) in [5.74, 6) is -0.0904. The van der Waals surface area contributed by atoms with E-state index in [0.717, 1.165) is 5.69 Å². The fraction of sp³-hybridized carbons (Fsp3) is 0.250. The minimum Gasteiger partial charge on any atom is -0.321 e. The zero-order chi connectivity index (χ0) is 10.4. The number of primary sulfonamides is 1. The van der Waals surface area contributed by atoms with Gasteiger partial charge in [0, 0.05) is 12.2 Å². The van der Waals surface area contributed by atoms with E-state index in [1.54, 1.807) is 0 Å². The highest BCUT2D eigenvalue weighted by molar-refractivity contribution is 7.89. The molecule has 0 radical (unpaired) electrons. The second kappa shape index (κ2) is 4.94. The maximum absolute atomic E-state index is 10.6. The van der Waals surface area contributed by atoms with Crippen molar-refractivity contribution in [3.8, 4) is 0 Å². The lowest BCUT2D eigenvalue weighted by atomic mass is 10.3. The Kier molecular flexibility index (Phi) is 3.87. The molecular formula is C8H13N3O2S. The van der Waals surface area contributed by atoms with Gasteiger partial charge in [0.1, 0.15) is 0 Å². The van der Waals surface area contributed by atoms with Crippen molar-refractivity contribution in [3.63, 3.8) is 0 Å². The van der Waals surface area contributed by atoms with Gasteiger partial charge >= 0.3 is 0 Å². The van der Waals surface area contributed by atoms with E-state index in [-0.39, 0.29) is 12.3 Å². The van der Waals surface area contributed by atoms with Crippen LogP contribution in [0.1, 0.15) is 0 Å². The van der Waals surface area contributed by atoms with Gasteiger partial charge in [0.05, 0.1) is 5.75 Å². The van der Waals surface area contributed by atoms with Crippen LogP contribution in [-0.4, -0.2) is 20.7 Å². The number of anilines is 1. The van der Waals surface area contributed by atoms with E-state index in [0.29, 0.717) is 0 Å². The Morgan fingerprint density at radius 2 is 1.86 bits per heavy atom. The fourth-order valence-electron chi connectivity index (χ4n) is 0.879. The number of para-hydroxylation sites is 1. The smallest absolute Gasteiger partial charge is 0.210 e. The molecule has 14 heavy (non-hydrogen) atoms. The molecule has 0 aliphatic rings. The first-order valence-electron chi connectivity index (χ1n) is 4.12. The van der Waals surface area contributed by atoms with Crippen LogP contribution >= 0.6 is 0 Å². The van der Waals surface area contributed by atoms with Crippen molar-refractivity contribution in [3.05, 3.63) is 30.3 Å². The fourth-order valence-corrected chi connectivity index (χ4v) is 1.27. The number of rotatable bonds is 5. The Balaban J connectivity index is 2.23. The first kappa shape index (κ1) is 11.0. The van der Waals surface area contributed by atoms with Gasteiger partial charge in [0.2, 0.25) is 10.0 Å². The zero-order valence-electron chi connectivity index (χ0n) is 7.60. The van der Waals surface area contributed by atoms with E-state index in [9.17, 15) is 8.42 Å². The summed E-state index contributed by atoms with van der Waals surface area (Å²) >= 11 is 0. The molecule has 0 fully saturated rings. The van der Waals surface area contributed by atoms with Gasteiger partial charge in [-0.25, -0.2) is 19.0 Å². The average Bonchev–Trinajstić information content (AvgIpc) is 2.13. The number of nitrogens with two attached hydrogens (primary N) is 1. The standard InChI is InChI=1S/C8H13N3O2S/c9-14(12,13)7-6-10-11-8-4-2-1-3-5-8/h1-5,10-11H,6-7H2,(H2,9,12,13). The van der Waals surface area contributed by atoms with E-state index >= 15 is 0 Å². The Morgan fingerprint density at radius 3 is 2.43 bits per heavy atom. The molecule has 0 aromatic heterocycles.